The summed E-state index contributed by atoms with van der Waals surface area (Å²) < 4.78 is 1.71. The third-order valence-corrected chi connectivity index (χ3v) is 6.33. The summed E-state index contributed by atoms with van der Waals surface area (Å²) in [5.41, 5.74) is 3.25. The van der Waals surface area contributed by atoms with Gasteiger partial charge in [-0.3, -0.25) is 4.79 Å². The zero-order chi connectivity index (χ0) is 18.7. The van der Waals surface area contributed by atoms with Gasteiger partial charge in [0.15, 0.2) is 0 Å². The van der Waals surface area contributed by atoms with Crippen molar-refractivity contribution >= 4 is 17.7 Å². The fourth-order valence-corrected chi connectivity index (χ4v) is 4.32. The molecule has 0 aliphatic heterocycles. The van der Waals surface area contributed by atoms with E-state index in [9.17, 15) is 4.79 Å². The quantitative estimate of drug-likeness (QED) is 0.814. The van der Waals surface area contributed by atoms with Crippen LogP contribution in [-0.4, -0.2) is 37.9 Å². The maximum Gasteiger partial charge on any atom is 0.230 e. The molecule has 0 spiro atoms. The van der Waals surface area contributed by atoms with Crippen molar-refractivity contribution < 1.29 is 4.79 Å². The van der Waals surface area contributed by atoms with Gasteiger partial charge in [0, 0.05) is 6.04 Å². The Morgan fingerprint density at radius 2 is 2.12 bits per heavy atom. The highest BCUT2D eigenvalue weighted by Crippen LogP contribution is 2.29. The molecular formula is C19H27N5OS. The van der Waals surface area contributed by atoms with Gasteiger partial charge in [0.25, 0.3) is 0 Å². The Hall–Kier alpha value is -1.89. The maximum absolute atomic E-state index is 12.4. The predicted molar refractivity (Wildman–Crippen MR) is 103 cm³/mol. The van der Waals surface area contributed by atoms with Crippen LogP contribution in [0.15, 0.2) is 23.4 Å². The SMILES string of the molecule is Cc1ccc(-n2nnnc2SCC(=O)N[C@@H]2CCC[C@@H](C)[C@@H]2C)c(C)c1. The Morgan fingerprint density at radius 1 is 1.31 bits per heavy atom. The van der Waals surface area contributed by atoms with Crippen molar-refractivity contribution in [3.8, 4) is 5.69 Å². The first-order valence-electron chi connectivity index (χ1n) is 9.24. The number of hydrogen-bond acceptors (Lipinski definition) is 5. The summed E-state index contributed by atoms with van der Waals surface area (Å²) in [6.07, 6.45) is 3.52. The van der Waals surface area contributed by atoms with Gasteiger partial charge in [0.05, 0.1) is 11.4 Å². The van der Waals surface area contributed by atoms with Crippen LogP contribution in [0.2, 0.25) is 0 Å². The molecule has 0 radical (unpaired) electrons. The summed E-state index contributed by atoms with van der Waals surface area (Å²) in [5, 5.41) is 15.8. The molecule has 1 heterocycles. The number of aryl methyl sites for hydroxylation is 2. The summed E-state index contributed by atoms with van der Waals surface area (Å²) in [7, 11) is 0. The highest BCUT2D eigenvalue weighted by Gasteiger charge is 2.28. The first-order valence-corrected chi connectivity index (χ1v) is 10.2. The lowest BCUT2D eigenvalue weighted by Gasteiger charge is -2.34. The van der Waals surface area contributed by atoms with Crippen LogP contribution in [0.3, 0.4) is 0 Å². The van der Waals surface area contributed by atoms with Crippen molar-refractivity contribution in [1.29, 1.82) is 0 Å². The van der Waals surface area contributed by atoms with E-state index in [2.05, 4.69) is 47.7 Å². The van der Waals surface area contributed by atoms with Gasteiger partial charge in [0.1, 0.15) is 0 Å². The van der Waals surface area contributed by atoms with E-state index in [0.29, 0.717) is 22.7 Å². The number of nitrogens with one attached hydrogen (secondary N) is 1. The van der Waals surface area contributed by atoms with E-state index in [1.54, 1.807) is 4.68 Å². The van der Waals surface area contributed by atoms with E-state index in [4.69, 9.17) is 0 Å². The van der Waals surface area contributed by atoms with Crippen LogP contribution >= 0.6 is 11.8 Å². The fourth-order valence-electron chi connectivity index (χ4n) is 3.63. The van der Waals surface area contributed by atoms with Crippen LogP contribution < -0.4 is 5.32 Å². The summed E-state index contributed by atoms with van der Waals surface area (Å²) >= 11 is 1.37. The molecule has 6 nitrogen and oxygen atoms in total. The van der Waals surface area contributed by atoms with Crippen LogP contribution in [0.25, 0.3) is 5.69 Å². The number of amides is 1. The van der Waals surface area contributed by atoms with E-state index in [1.807, 2.05) is 19.1 Å². The van der Waals surface area contributed by atoms with E-state index >= 15 is 0 Å². The highest BCUT2D eigenvalue weighted by atomic mass is 32.2. The molecule has 1 aromatic carbocycles. The molecule has 0 bridgehead atoms. The van der Waals surface area contributed by atoms with Gasteiger partial charge in [-0.2, -0.15) is 4.68 Å². The minimum atomic E-state index is 0.0520. The van der Waals surface area contributed by atoms with Crippen molar-refractivity contribution in [2.45, 2.75) is 58.2 Å². The lowest BCUT2D eigenvalue weighted by molar-refractivity contribution is -0.120. The molecule has 0 unspecified atom stereocenters. The Labute approximate surface area is 159 Å². The summed E-state index contributed by atoms with van der Waals surface area (Å²) in [5.74, 6) is 1.57. The molecular weight excluding hydrogens is 346 g/mol. The topological polar surface area (TPSA) is 72.7 Å². The smallest absolute Gasteiger partial charge is 0.230 e. The molecule has 3 rings (SSSR count). The van der Waals surface area contributed by atoms with Gasteiger partial charge in [-0.05, 0) is 54.2 Å². The second-order valence-corrected chi connectivity index (χ2v) is 8.34. The van der Waals surface area contributed by atoms with Crippen LogP contribution in [-0.2, 0) is 4.79 Å². The van der Waals surface area contributed by atoms with Gasteiger partial charge in [0.2, 0.25) is 11.1 Å². The molecule has 3 atom stereocenters. The minimum absolute atomic E-state index is 0.0520. The average Bonchev–Trinajstić information content (AvgIpc) is 3.05. The second kappa shape index (κ2) is 8.20. The van der Waals surface area contributed by atoms with E-state index < -0.39 is 0 Å². The monoisotopic (exact) mass is 373 g/mol. The minimum Gasteiger partial charge on any atom is -0.352 e. The first kappa shape index (κ1) is 18.9. The second-order valence-electron chi connectivity index (χ2n) is 7.39. The van der Waals surface area contributed by atoms with Crippen molar-refractivity contribution in [1.82, 2.24) is 25.5 Å². The van der Waals surface area contributed by atoms with Crippen LogP contribution in [0.5, 0.6) is 0 Å². The van der Waals surface area contributed by atoms with Crippen LogP contribution in [0.4, 0.5) is 0 Å². The molecule has 140 valence electrons. The summed E-state index contributed by atoms with van der Waals surface area (Å²) in [6.45, 7) is 8.61. The van der Waals surface area contributed by atoms with Gasteiger partial charge in [-0.15, -0.1) is 5.10 Å². The fraction of sp³-hybridized carbons (Fsp3) is 0.579. The van der Waals surface area contributed by atoms with Gasteiger partial charge < -0.3 is 5.32 Å². The highest BCUT2D eigenvalue weighted by molar-refractivity contribution is 7.99. The number of hydrogen-bond donors (Lipinski definition) is 1. The molecule has 0 saturated heterocycles. The van der Waals surface area contributed by atoms with Gasteiger partial charge >= 0.3 is 0 Å². The third kappa shape index (κ3) is 4.26. The number of thioether (sulfide) groups is 1. The van der Waals surface area contributed by atoms with Gasteiger partial charge in [-0.25, -0.2) is 0 Å². The van der Waals surface area contributed by atoms with Crippen LogP contribution in [0.1, 0.15) is 44.2 Å². The number of rotatable bonds is 5. The van der Waals surface area contributed by atoms with E-state index in [0.717, 1.165) is 17.7 Å². The van der Waals surface area contributed by atoms with Crippen molar-refractivity contribution in [3.05, 3.63) is 29.3 Å². The largest absolute Gasteiger partial charge is 0.352 e. The Balaban J connectivity index is 1.62. The maximum atomic E-state index is 12.4. The number of nitrogens with zero attached hydrogens (tertiary/aromatic N) is 4. The zero-order valence-corrected chi connectivity index (χ0v) is 16.7. The standard InChI is InChI=1S/C19H27N5OS/c1-12-8-9-17(14(3)10-12)24-19(21-22-23-24)26-11-18(25)20-16-7-5-6-13(2)15(16)4/h8-10,13,15-16H,5-7,11H2,1-4H3,(H,20,25)/t13-,15+,16-/m1/s1. The van der Waals surface area contributed by atoms with Crippen molar-refractivity contribution in [2.75, 3.05) is 5.75 Å². The first-order chi connectivity index (χ1) is 12.5. The molecule has 7 heteroatoms. The van der Waals surface area contributed by atoms with Crippen molar-refractivity contribution in [3.63, 3.8) is 0 Å². The Morgan fingerprint density at radius 3 is 2.88 bits per heavy atom. The van der Waals surface area contributed by atoms with E-state index in [1.165, 1.54) is 30.2 Å². The van der Waals surface area contributed by atoms with Crippen molar-refractivity contribution in [2.24, 2.45) is 11.8 Å². The molecule has 1 fully saturated rings. The third-order valence-electron chi connectivity index (χ3n) is 5.41. The summed E-state index contributed by atoms with van der Waals surface area (Å²) in [4.78, 5) is 12.4. The molecule has 1 aliphatic rings. The summed E-state index contributed by atoms with van der Waals surface area (Å²) in [6, 6.07) is 6.43. The average molecular weight is 374 g/mol. The molecule has 1 aromatic heterocycles. The molecule has 2 aromatic rings. The molecule has 1 N–H and O–H groups in total. The number of tetrazole rings is 1. The Bertz CT molecular complexity index is 775. The predicted octanol–water partition coefficient (Wildman–Crippen LogP) is 3.31. The zero-order valence-electron chi connectivity index (χ0n) is 15.9. The van der Waals surface area contributed by atoms with Crippen LogP contribution in [0, 0.1) is 25.7 Å². The normalized spacial score (nSPS) is 23.0. The lowest BCUT2D eigenvalue weighted by atomic mass is 9.78. The molecule has 1 amide bonds. The van der Waals surface area contributed by atoms with E-state index in [-0.39, 0.29) is 11.9 Å². The molecule has 26 heavy (non-hydrogen) atoms. The lowest BCUT2D eigenvalue weighted by Crippen LogP contribution is -2.44. The number of aromatic nitrogens is 4. The Kier molecular flexibility index (Phi) is 5.96. The number of carbonyl (C=O) groups excluding carboxylic acids is 1. The molecule has 1 aliphatic carbocycles. The number of carbonyl (C=O) groups is 1. The van der Waals surface area contributed by atoms with Gasteiger partial charge in [-0.1, -0.05) is 56.1 Å². The molecule has 1 saturated carbocycles. The number of benzene rings is 1.